The fourth-order valence-electron chi connectivity index (χ4n) is 2.25. The zero-order valence-electron chi connectivity index (χ0n) is 10.8. The van der Waals surface area contributed by atoms with Gasteiger partial charge in [-0.25, -0.2) is 0 Å². The molecule has 0 fully saturated rings. The normalized spacial score (nSPS) is 11.0. The molecule has 0 aliphatic rings. The van der Waals surface area contributed by atoms with Crippen LogP contribution in [-0.4, -0.2) is 10.4 Å². The topological polar surface area (TPSA) is 22.0 Å². The Morgan fingerprint density at radius 1 is 0.952 bits per heavy atom. The maximum Gasteiger partial charge on any atom is 0.182 e. The third-order valence-corrected chi connectivity index (χ3v) is 4.34. The molecule has 1 heterocycles. The highest BCUT2D eigenvalue weighted by molar-refractivity contribution is 6.42. The van der Waals surface area contributed by atoms with E-state index in [0.29, 0.717) is 20.6 Å². The summed E-state index contributed by atoms with van der Waals surface area (Å²) in [5.41, 5.74) is 1.45. The number of benzene rings is 2. The van der Waals surface area contributed by atoms with Crippen molar-refractivity contribution in [2.45, 2.75) is 6.54 Å². The first kappa shape index (κ1) is 14.5. The highest BCUT2D eigenvalue weighted by Crippen LogP contribution is 2.26. The van der Waals surface area contributed by atoms with Gasteiger partial charge in [-0.05, 0) is 24.3 Å². The maximum absolute atomic E-state index is 12.4. The third-order valence-electron chi connectivity index (χ3n) is 3.30. The van der Waals surface area contributed by atoms with Gasteiger partial charge >= 0.3 is 0 Å². The number of para-hydroxylation sites is 1. The van der Waals surface area contributed by atoms with Crippen LogP contribution in [0.3, 0.4) is 0 Å². The largest absolute Gasteiger partial charge is 0.338 e. The number of carbonyl (C=O) groups is 1. The summed E-state index contributed by atoms with van der Waals surface area (Å²) in [6, 6.07) is 12.6. The van der Waals surface area contributed by atoms with Crippen LogP contribution in [0.25, 0.3) is 10.9 Å². The number of hydrogen-bond acceptors (Lipinski definition) is 1. The van der Waals surface area contributed by atoms with Gasteiger partial charge in [-0.3, -0.25) is 4.79 Å². The predicted molar refractivity (Wildman–Crippen MR) is 87.7 cm³/mol. The monoisotopic (exact) mass is 337 g/mol. The summed E-state index contributed by atoms with van der Waals surface area (Å²) in [6.07, 6.45) is 1.77. The Morgan fingerprint density at radius 2 is 1.71 bits per heavy atom. The number of ketones is 1. The minimum absolute atomic E-state index is 0.0500. The molecule has 0 amide bonds. The Morgan fingerprint density at radius 3 is 2.48 bits per heavy atom. The molecule has 0 aliphatic heterocycles. The molecule has 0 bridgehead atoms. The van der Waals surface area contributed by atoms with Gasteiger partial charge in [0, 0.05) is 22.7 Å². The number of rotatable bonds is 3. The molecule has 0 atom stereocenters. The molecule has 0 saturated carbocycles. The molecule has 106 valence electrons. The van der Waals surface area contributed by atoms with Crippen molar-refractivity contribution >= 4 is 51.5 Å². The molecule has 0 saturated heterocycles. The van der Waals surface area contributed by atoms with Crippen LogP contribution in [0.5, 0.6) is 0 Å². The Labute approximate surface area is 136 Å². The zero-order valence-corrected chi connectivity index (χ0v) is 13.1. The first-order valence-corrected chi connectivity index (χ1v) is 7.41. The predicted octanol–water partition coefficient (Wildman–Crippen LogP) is 5.48. The standard InChI is InChI=1S/C16H10Cl3NO/c17-12-6-5-10(7-13(12)18)16(21)9-20-8-14(19)11-3-1-2-4-15(11)20/h1-8H,9H2. The van der Waals surface area contributed by atoms with Crippen LogP contribution in [0, 0.1) is 0 Å². The summed E-state index contributed by atoms with van der Waals surface area (Å²) in [6.45, 7) is 0.200. The zero-order chi connectivity index (χ0) is 15.0. The number of Topliss-reactive ketones (excluding diaryl/α,β-unsaturated/α-hetero) is 1. The average Bonchev–Trinajstić information content (AvgIpc) is 2.79. The fraction of sp³-hybridized carbons (Fsp3) is 0.0625. The molecule has 3 aromatic rings. The molecule has 21 heavy (non-hydrogen) atoms. The van der Waals surface area contributed by atoms with Crippen LogP contribution >= 0.6 is 34.8 Å². The second-order valence-electron chi connectivity index (χ2n) is 4.67. The Kier molecular flexibility index (Phi) is 3.94. The molecular formula is C16H10Cl3NO. The van der Waals surface area contributed by atoms with Gasteiger partial charge in [0.15, 0.2) is 5.78 Å². The minimum atomic E-state index is -0.0500. The molecule has 0 N–H and O–H groups in total. The Balaban J connectivity index is 1.94. The van der Waals surface area contributed by atoms with E-state index in [0.717, 1.165) is 10.9 Å². The lowest BCUT2D eigenvalue weighted by Gasteiger charge is -2.06. The number of aromatic nitrogens is 1. The molecular weight excluding hydrogens is 329 g/mol. The summed E-state index contributed by atoms with van der Waals surface area (Å²) in [4.78, 5) is 12.4. The lowest BCUT2D eigenvalue weighted by Crippen LogP contribution is -2.09. The molecule has 5 heteroatoms. The highest BCUT2D eigenvalue weighted by atomic mass is 35.5. The van der Waals surface area contributed by atoms with E-state index in [2.05, 4.69) is 0 Å². The van der Waals surface area contributed by atoms with Gasteiger partial charge in [0.25, 0.3) is 0 Å². The second-order valence-corrected chi connectivity index (χ2v) is 5.90. The highest BCUT2D eigenvalue weighted by Gasteiger charge is 2.12. The van der Waals surface area contributed by atoms with Crippen molar-refractivity contribution in [1.29, 1.82) is 0 Å². The second kappa shape index (κ2) is 5.72. The quantitative estimate of drug-likeness (QED) is 0.579. The van der Waals surface area contributed by atoms with E-state index in [4.69, 9.17) is 34.8 Å². The van der Waals surface area contributed by atoms with Crippen molar-refractivity contribution in [1.82, 2.24) is 4.57 Å². The Hall–Kier alpha value is -1.48. The number of fused-ring (bicyclic) bond motifs is 1. The first-order chi connectivity index (χ1) is 10.1. The Bertz CT molecular complexity index is 839. The van der Waals surface area contributed by atoms with Crippen LogP contribution in [-0.2, 0) is 6.54 Å². The van der Waals surface area contributed by atoms with E-state index in [1.165, 1.54) is 0 Å². The van der Waals surface area contributed by atoms with Crippen LogP contribution < -0.4 is 0 Å². The number of hydrogen-bond donors (Lipinski definition) is 0. The van der Waals surface area contributed by atoms with Crippen molar-refractivity contribution in [2.24, 2.45) is 0 Å². The van der Waals surface area contributed by atoms with Crippen molar-refractivity contribution in [3.63, 3.8) is 0 Å². The molecule has 2 nitrogen and oxygen atoms in total. The van der Waals surface area contributed by atoms with E-state index in [1.807, 2.05) is 28.8 Å². The summed E-state index contributed by atoms with van der Waals surface area (Å²) < 4.78 is 1.84. The first-order valence-electron chi connectivity index (χ1n) is 6.28. The van der Waals surface area contributed by atoms with Crippen molar-refractivity contribution < 1.29 is 4.79 Å². The van der Waals surface area contributed by atoms with E-state index >= 15 is 0 Å². The van der Waals surface area contributed by atoms with E-state index in [1.54, 1.807) is 24.4 Å². The van der Waals surface area contributed by atoms with E-state index in [9.17, 15) is 4.79 Å². The summed E-state index contributed by atoms with van der Waals surface area (Å²) in [5.74, 6) is -0.0500. The molecule has 0 aliphatic carbocycles. The van der Waals surface area contributed by atoms with Crippen LogP contribution in [0.15, 0.2) is 48.7 Å². The molecule has 0 spiro atoms. The molecule has 2 aromatic carbocycles. The maximum atomic E-state index is 12.4. The summed E-state index contributed by atoms with van der Waals surface area (Å²) >= 11 is 18.0. The minimum Gasteiger partial charge on any atom is -0.338 e. The van der Waals surface area contributed by atoms with Gasteiger partial charge in [-0.1, -0.05) is 53.0 Å². The van der Waals surface area contributed by atoms with Crippen LogP contribution in [0.2, 0.25) is 15.1 Å². The van der Waals surface area contributed by atoms with Crippen LogP contribution in [0.1, 0.15) is 10.4 Å². The molecule has 3 rings (SSSR count). The summed E-state index contributed by atoms with van der Waals surface area (Å²) in [5, 5.41) is 2.37. The molecule has 0 radical (unpaired) electrons. The van der Waals surface area contributed by atoms with Gasteiger partial charge < -0.3 is 4.57 Å². The smallest absolute Gasteiger partial charge is 0.182 e. The lowest BCUT2D eigenvalue weighted by molar-refractivity contribution is 0.0973. The fourth-order valence-corrected chi connectivity index (χ4v) is 2.82. The third kappa shape index (κ3) is 2.80. The van der Waals surface area contributed by atoms with Gasteiger partial charge in [0.05, 0.1) is 21.6 Å². The number of halogens is 3. The van der Waals surface area contributed by atoms with Gasteiger partial charge in [0.2, 0.25) is 0 Å². The molecule has 0 unspecified atom stereocenters. The SMILES string of the molecule is O=C(Cn1cc(Cl)c2ccccc21)c1ccc(Cl)c(Cl)c1. The lowest BCUT2D eigenvalue weighted by atomic mass is 10.1. The van der Waals surface area contributed by atoms with E-state index < -0.39 is 0 Å². The van der Waals surface area contributed by atoms with Gasteiger partial charge in [0.1, 0.15) is 0 Å². The number of carbonyl (C=O) groups excluding carboxylic acids is 1. The van der Waals surface area contributed by atoms with E-state index in [-0.39, 0.29) is 12.3 Å². The van der Waals surface area contributed by atoms with Crippen molar-refractivity contribution in [2.75, 3.05) is 0 Å². The number of nitrogens with zero attached hydrogens (tertiary/aromatic N) is 1. The summed E-state index contributed by atoms with van der Waals surface area (Å²) in [7, 11) is 0. The van der Waals surface area contributed by atoms with Gasteiger partial charge in [-0.15, -0.1) is 0 Å². The van der Waals surface area contributed by atoms with Crippen molar-refractivity contribution in [3.8, 4) is 0 Å². The average molecular weight is 339 g/mol. The van der Waals surface area contributed by atoms with Gasteiger partial charge in [-0.2, -0.15) is 0 Å². The molecule has 1 aromatic heterocycles. The van der Waals surface area contributed by atoms with Crippen LogP contribution in [0.4, 0.5) is 0 Å². The van der Waals surface area contributed by atoms with Crippen molar-refractivity contribution in [3.05, 3.63) is 69.3 Å².